The number of hydrogen-bond donors (Lipinski definition) is 2. The number of phenols is 2. The van der Waals surface area contributed by atoms with Crippen LogP contribution >= 0.6 is 0 Å². The summed E-state index contributed by atoms with van der Waals surface area (Å²) >= 11 is 0. The minimum Gasteiger partial charge on any atom is -0.507 e. The van der Waals surface area contributed by atoms with Crippen LogP contribution in [0.2, 0.25) is 0 Å². The molecule has 296 valence electrons. The van der Waals surface area contributed by atoms with Crippen LogP contribution in [0, 0.1) is 27.7 Å². The first-order valence-electron chi connectivity index (χ1n) is 19.7. The van der Waals surface area contributed by atoms with Gasteiger partial charge in [-0.3, -0.25) is 0 Å². The van der Waals surface area contributed by atoms with Crippen molar-refractivity contribution in [3.05, 3.63) is 143 Å². The van der Waals surface area contributed by atoms with Crippen molar-refractivity contribution < 1.29 is 35.7 Å². The number of benzene rings is 5. The first kappa shape index (κ1) is 40.7. The molecule has 0 unspecified atom stereocenters. The van der Waals surface area contributed by atoms with Gasteiger partial charge in [0.2, 0.25) is 0 Å². The molecule has 0 saturated heterocycles. The molecule has 0 spiro atoms. The van der Waals surface area contributed by atoms with E-state index in [1.54, 1.807) is 12.1 Å². The van der Waals surface area contributed by atoms with Crippen molar-refractivity contribution in [2.75, 3.05) is 0 Å². The Morgan fingerprint density at radius 1 is 0.448 bits per heavy atom. The Morgan fingerprint density at radius 2 is 0.983 bits per heavy atom. The zero-order chi connectivity index (χ0) is 40.6. The molecule has 0 aliphatic rings. The fourth-order valence-electron chi connectivity index (χ4n) is 8.24. The molecule has 0 radical (unpaired) electrons. The second-order valence-electron chi connectivity index (χ2n) is 17.7. The summed E-state index contributed by atoms with van der Waals surface area (Å²) in [5.41, 5.74) is 16.7. The molecule has 0 fully saturated rings. The molecule has 2 N–H and O–H groups in total. The monoisotopic (exact) mass is 945 g/mol. The van der Waals surface area contributed by atoms with Crippen molar-refractivity contribution in [3.63, 3.8) is 0 Å². The third-order valence-corrected chi connectivity index (χ3v) is 11.3. The third-order valence-electron chi connectivity index (χ3n) is 11.3. The number of hydrogen-bond acceptors (Lipinski definition) is 5. The average Bonchev–Trinajstić information content (AvgIpc) is 3.51. The number of aryl methyl sites for hydroxylation is 4. The Balaban J connectivity index is 0.00000512. The van der Waals surface area contributed by atoms with Gasteiger partial charge in [0, 0.05) is 43.0 Å². The zero-order valence-electron chi connectivity index (χ0n) is 34.9. The quantitative estimate of drug-likeness (QED) is 0.180. The fourth-order valence-corrected chi connectivity index (χ4v) is 8.24. The standard InChI is InChI=1S/C52H50N2O3.Pt/c1-29-20-35(51(5,6)7)21-30(2)49(29)33-18-19-45(55)39(24-33)41-15-13-16-42(53-41)44-26-34(50-31(3)22-36(23-32(50)4)52(8,9)10)25-43(54-44)40-28-48-38(27-46(40)56)37-14-11-12-17-47(37)57-48;/h11-28,55-56H,1-10H3;. The van der Waals surface area contributed by atoms with Crippen LogP contribution in [-0.2, 0) is 31.9 Å². The molecular weight excluding hydrogens is 896 g/mol. The van der Waals surface area contributed by atoms with Gasteiger partial charge in [-0.15, -0.1) is 0 Å². The van der Waals surface area contributed by atoms with Gasteiger partial charge < -0.3 is 14.6 Å². The third kappa shape index (κ3) is 7.49. The first-order valence-corrected chi connectivity index (χ1v) is 19.7. The maximum Gasteiger partial charge on any atom is 0.136 e. The smallest absolute Gasteiger partial charge is 0.136 e. The minimum atomic E-state index is -0.00308. The van der Waals surface area contributed by atoms with Crippen molar-refractivity contribution >= 4 is 21.9 Å². The van der Waals surface area contributed by atoms with Gasteiger partial charge in [-0.1, -0.05) is 96.1 Å². The summed E-state index contributed by atoms with van der Waals surface area (Å²) in [6.45, 7) is 22.0. The van der Waals surface area contributed by atoms with Crippen LogP contribution in [0.1, 0.15) is 74.9 Å². The van der Waals surface area contributed by atoms with Gasteiger partial charge in [0.15, 0.2) is 0 Å². The zero-order valence-corrected chi connectivity index (χ0v) is 37.2. The van der Waals surface area contributed by atoms with Crippen molar-refractivity contribution in [1.82, 2.24) is 9.97 Å². The molecule has 5 aromatic carbocycles. The molecule has 0 saturated carbocycles. The molecule has 0 aliphatic carbocycles. The van der Waals surface area contributed by atoms with Crippen LogP contribution in [0.3, 0.4) is 0 Å². The summed E-state index contributed by atoms with van der Waals surface area (Å²) in [4.78, 5) is 10.3. The average molecular weight is 946 g/mol. The van der Waals surface area contributed by atoms with Crippen LogP contribution in [0.5, 0.6) is 11.5 Å². The molecule has 8 rings (SSSR count). The first-order chi connectivity index (χ1) is 27.0. The largest absolute Gasteiger partial charge is 0.507 e. The molecule has 0 aliphatic heterocycles. The van der Waals surface area contributed by atoms with E-state index in [-0.39, 0.29) is 43.4 Å². The molecule has 0 amide bonds. The van der Waals surface area contributed by atoms with Crippen LogP contribution in [-0.4, -0.2) is 20.2 Å². The van der Waals surface area contributed by atoms with E-state index in [4.69, 9.17) is 14.4 Å². The topological polar surface area (TPSA) is 79.4 Å². The van der Waals surface area contributed by atoms with E-state index in [2.05, 4.69) is 99.6 Å². The molecule has 8 aromatic rings. The van der Waals surface area contributed by atoms with Crippen molar-refractivity contribution in [3.8, 4) is 67.7 Å². The van der Waals surface area contributed by atoms with Crippen molar-refractivity contribution in [1.29, 1.82) is 0 Å². The second-order valence-corrected chi connectivity index (χ2v) is 17.7. The number of rotatable bonds is 5. The molecule has 6 heteroatoms. The van der Waals surface area contributed by atoms with Gasteiger partial charge in [-0.2, -0.15) is 0 Å². The van der Waals surface area contributed by atoms with Gasteiger partial charge in [-0.25, -0.2) is 9.97 Å². The van der Waals surface area contributed by atoms with Crippen molar-refractivity contribution in [2.24, 2.45) is 0 Å². The minimum absolute atomic E-state index is 0. The Kier molecular flexibility index (Phi) is 10.5. The number of phenolic OH excluding ortho intramolecular Hbond substituents is 2. The van der Waals surface area contributed by atoms with E-state index in [0.717, 1.165) is 49.7 Å². The van der Waals surface area contributed by atoms with Crippen LogP contribution in [0.25, 0.3) is 78.1 Å². The van der Waals surface area contributed by atoms with E-state index in [1.807, 2.05) is 66.7 Å². The summed E-state index contributed by atoms with van der Waals surface area (Å²) < 4.78 is 6.26. The van der Waals surface area contributed by atoms with E-state index < -0.39 is 0 Å². The SMILES string of the molecule is Cc1cc(C(C)(C)C)cc(C)c1-c1cc(-c2cccc(-c3cc(-c4c(C)cc(C(C)(C)C)cc4C)ccc3O)n2)nc(-c2cc3oc4ccccc4c3cc2O)c1.[Pt]. The Hall–Kier alpha value is -5.51. The molecule has 58 heavy (non-hydrogen) atoms. The Morgan fingerprint density at radius 3 is 1.60 bits per heavy atom. The van der Waals surface area contributed by atoms with Gasteiger partial charge >= 0.3 is 0 Å². The van der Waals surface area contributed by atoms with E-state index in [9.17, 15) is 10.2 Å². The molecule has 3 heterocycles. The predicted molar refractivity (Wildman–Crippen MR) is 236 cm³/mol. The second kappa shape index (κ2) is 15.0. The maximum absolute atomic E-state index is 11.6. The maximum atomic E-state index is 11.6. The van der Waals surface area contributed by atoms with E-state index >= 15 is 0 Å². The van der Waals surface area contributed by atoms with Crippen molar-refractivity contribution in [2.45, 2.75) is 80.1 Å². The van der Waals surface area contributed by atoms with Gasteiger partial charge in [0.25, 0.3) is 0 Å². The number of furan rings is 1. The molecular formula is C52H50N2O3Pt. The molecule has 5 nitrogen and oxygen atoms in total. The summed E-state index contributed by atoms with van der Waals surface area (Å²) in [7, 11) is 0. The Labute approximate surface area is 356 Å². The molecule has 0 bridgehead atoms. The number of pyridine rings is 2. The Bertz CT molecular complexity index is 2840. The number of aromatic nitrogens is 2. The summed E-state index contributed by atoms with van der Waals surface area (Å²) in [5.74, 6) is 0.271. The normalized spacial score (nSPS) is 12.0. The number of para-hydroxylation sites is 1. The number of aromatic hydroxyl groups is 2. The van der Waals surface area contributed by atoms with Crippen LogP contribution in [0.4, 0.5) is 0 Å². The van der Waals surface area contributed by atoms with Gasteiger partial charge in [-0.05, 0) is 149 Å². The summed E-state index contributed by atoms with van der Waals surface area (Å²) in [6, 6.07) is 36.3. The molecule has 3 aromatic heterocycles. The summed E-state index contributed by atoms with van der Waals surface area (Å²) in [5, 5.41) is 24.7. The van der Waals surface area contributed by atoms with E-state index in [1.165, 1.54) is 22.3 Å². The predicted octanol–water partition coefficient (Wildman–Crippen LogP) is 13.9. The van der Waals surface area contributed by atoms with Crippen LogP contribution in [0.15, 0.2) is 114 Å². The summed E-state index contributed by atoms with van der Waals surface area (Å²) in [6.07, 6.45) is 0. The fraction of sp³-hybridized carbons (Fsp3) is 0.231. The van der Waals surface area contributed by atoms with Gasteiger partial charge in [0.05, 0.1) is 22.8 Å². The molecule has 0 atom stereocenters. The number of fused-ring (bicyclic) bond motifs is 3. The van der Waals surface area contributed by atoms with Crippen LogP contribution < -0.4 is 0 Å². The van der Waals surface area contributed by atoms with E-state index in [0.29, 0.717) is 39.5 Å². The van der Waals surface area contributed by atoms with Gasteiger partial charge in [0.1, 0.15) is 22.7 Å². The number of nitrogens with zero attached hydrogens (tertiary/aromatic N) is 2.